The number of carbonyl (C=O) groups excluding carboxylic acids is 1. The number of benzene rings is 1. The maximum Gasteiger partial charge on any atom is 0.410 e. The van der Waals surface area contributed by atoms with Gasteiger partial charge in [0.25, 0.3) is 0 Å². The highest BCUT2D eigenvalue weighted by atomic mass is 16.6. The molecule has 2 rings (SSSR count). The zero-order chi connectivity index (χ0) is 17.2. The normalized spacial score (nSPS) is 16.7. The van der Waals surface area contributed by atoms with Crippen LogP contribution in [0, 0.1) is 0 Å². The van der Waals surface area contributed by atoms with Gasteiger partial charge in [0.2, 0.25) is 0 Å². The van der Waals surface area contributed by atoms with Gasteiger partial charge in [-0.1, -0.05) is 12.1 Å². The van der Waals surface area contributed by atoms with Crippen LogP contribution in [-0.2, 0) is 4.74 Å². The van der Waals surface area contributed by atoms with E-state index in [4.69, 9.17) is 4.74 Å². The molecule has 1 N–H and O–H groups in total. The van der Waals surface area contributed by atoms with Crippen molar-refractivity contribution in [2.75, 3.05) is 32.1 Å². The van der Waals surface area contributed by atoms with Crippen molar-refractivity contribution in [2.45, 2.75) is 45.4 Å². The van der Waals surface area contributed by atoms with E-state index in [2.05, 4.69) is 41.4 Å². The van der Waals surface area contributed by atoms with Crippen molar-refractivity contribution in [1.29, 1.82) is 0 Å². The molecule has 0 aliphatic carbocycles. The van der Waals surface area contributed by atoms with Crippen molar-refractivity contribution in [2.24, 2.45) is 0 Å². The Morgan fingerprint density at radius 3 is 2.30 bits per heavy atom. The summed E-state index contributed by atoms with van der Waals surface area (Å²) in [5.74, 6) is 0. The SMILES string of the molecule is CC(NC1CN(C(=O)OC(C)(C)C)C1)c1ccc(N(C)C)cc1. The van der Waals surface area contributed by atoms with Crippen LogP contribution in [0.3, 0.4) is 0 Å². The van der Waals surface area contributed by atoms with Gasteiger partial charge in [0.05, 0.1) is 0 Å². The van der Waals surface area contributed by atoms with Crippen LogP contribution in [0.5, 0.6) is 0 Å². The molecule has 0 aromatic heterocycles. The molecule has 128 valence electrons. The number of anilines is 1. The zero-order valence-corrected chi connectivity index (χ0v) is 15.1. The number of nitrogens with one attached hydrogen (secondary N) is 1. The molecule has 23 heavy (non-hydrogen) atoms. The van der Waals surface area contributed by atoms with Crippen LogP contribution < -0.4 is 10.2 Å². The summed E-state index contributed by atoms with van der Waals surface area (Å²) in [7, 11) is 4.08. The Bertz CT molecular complexity index is 528. The van der Waals surface area contributed by atoms with Gasteiger partial charge in [-0.05, 0) is 45.4 Å². The molecule has 0 saturated carbocycles. The van der Waals surface area contributed by atoms with Gasteiger partial charge in [-0.25, -0.2) is 4.79 Å². The van der Waals surface area contributed by atoms with E-state index in [1.807, 2.05) is 34.9 Å². The highest BCUT2D eigenvalue weighted by molar-refractivity contribution is 5.69. The van der Waals surface area contributed by atoms with Gasteiger partial charge in [-0.2, -0.15) is 0 Å². The smallest absolute Gasteiger partial charge is 0.410 e. The third-order valence-electron chi connectivity index (χ3n) is 3.93. The Labute approximate surface area is 139 Å². The first-order valence-electron chi connectivity index (χ1n) is 8.17. The number of ether oxygens (including phenoxy) is 1. The van der Waals surface area contributed by atoms with Gasteiger partial charge in [-0.15, -0.1) is 0 Å². The third kappa shape index (κ3) is 4.86. The summed E-state index contributed by atoms with van der Waals surface area (Å²) in [5, 5.41) is 3.57. The van der Waals surface area contributed by atoms with E-state index in [1.165, 1.54) is 11.3 Å². The Kier molecular flexibility index (Phi) is 5.19. The van der Waals surface area contributed by atoms with E-state index in [9.17, 15) is 4.79 Å². The molecule has 0 bridgehead atoms. The van der Waals surface area contributed by atoms with Gasteiger partial charge in [0, 0.05) is 45.0 Å². The Hall–Kier alpha value is -1.75. The lowest BCUT2D eigenvalue weighted by Crippen LogP contribution is -2.60. The molecule has 0 spiro atoms. The van der Waals surface area contributed by atoms with Crippen molar-refractivity contribution < 1.29 is 9.53 Å². The Morgan fingerprint density at radius 1 is 1.26 bits per heavy atom. The number of carbonyl (C=O) groups is 1. The second-order valence-electron chi connectivity index (χ2n) is 7.46. The summed E-state index contributed by atoms with van der Waals surface area (Å²) in [6.45, 7) is 9.23. The summed E-state index contributed by atoms with van der Waals surface area (Å²) >= 11 is 0. The van der Waals surface area contributed by atoms with Crippen LogP contribution in [0.25, 0.3) is 0 Å². The largest absolute Gasteiger partial charge is 0.444 e. The summed E-state index contributed by atoms with van der Waals surface area (Å²) in [4.78, 5) is 15.7. The predicted octanol–water partition coefficient (Wildman–Crippen LogP) is 3.02. The van der Waals surface area contributed by atoms with Crippen molar-refractivity contribution in [3.05, 3.63) is 29.8 Å². The Morgan fingerprint density at radius 2 is 1.83 bits per heavy atom. The standard InChI is InChI=1S/C18H29N3O2/c1-13(14-7-9-16(10-8-14)20(5)6)19-15-11-21(12-15)17(22)23-18(2,3)4/h7-10,13,15,19H,11-12H2,1-6H3. The van der Waals surface area contributed by atoms with E-state index in [0.717, 1.165) is 0 Å². The fourth-order valence-electron chi connectivity index (χ4n) is 2.57. The van der Waals surface area contributed by atoms with E-state index in [0.29, 0.717) is 19.1 Å². The van der Waals surface area contributed by atoms with Gasteiger partial charge in [0.15, 0.2) is 0 Å². The number of likely N-dealkylation sites (tertiary alicyclic amines) is 1. The highest BCUT2D eigenvalue weighted by Crippen LogP contribution is 2.21. The second kappa shape index (κ2) is 6.79. The molecule has 0 radical (unpaired) electrons. The van der Waals surface area contributed by atoms with E-state index in [1.54, 1.807) is 4.90 Å². The number of nitrogens with zero attached hydrogens (tertiary/aromatic N) is 2. The first-order valence-corrected chi connectivity index (χ1v) is 8.17. The molecule has 1 amide bonds. The van der Waals surface area contributed by atoms with Crippen LogP contribution >= 0.6 is 0 Å². The first-order chi connectivity index (χ1) is 10.7. The molecule has 1 heterocycles. The molecular weight excluding hydrogens is 290 g/mol. The maximum atomic E-state index is 11.9. The molecule has 1 aliphatic rings. The van der Waals surface area contributed by atoms with Gasteiger partial charge < -0.3 is 19.9 Å². The summed E-state index contributed by atoms with van der Waals surface area (Å²) in [6.07, 6.45) is -0.224. The number of rotatable bonds is 4. The number of amides is 1. The highest BCUT2D eigenvalue weighted by Gasteiger charge is 2.34. The van der Waals surface area contributed by atoms with Gasteiger partial charge >= 0.3 is 6.09 Å². The first kappa shape index (κ1) is 17.6. The van der Waals surface area contributed by atoms with Crippen molar-refractivity contribution >= 4 is 11.8 Å². The second-order valence-corrected chi connectivity index (χ2v) is 7.46. The lowest BCUT2D eigenvalue weighted by atomic mass is 10.0. The summed E-state index contributed by atoms with van der Waals surface area (Å²) in [6, 6.07) is 9.14. The fraction of sp³-hybridized carbons (Fsp3) is 0.611. The molecule has 1 atom stereocenters. The van der Waals surface area contributed by atoms with Crippen LogP contribution in [0.1, 0.15) is 39.3 Å². The molecule has 1 aromatic carbocycles. The van der Waals surface area contributed by atoms with Gasteiger partial charge in [-0.3, -0.25) is 0 Å². The average molecular weight is 319 g/mol. The number of hydrogen-bond donors (Lipinski definition) is 1. The van der Waals surface area contributed by atoms with Crippen molar-refractivity contribution in [1.82, 2.24) is 10.2 Å². The van der Waals surface area contributed by atoms with E-state index >= 15 is 0 Å². The van der Waals surface area contributed by atoms with Crippen LogP contribution in [0.2, 0.25) is 0 Å². The van der Waals surface area contributed by atoms with E-state index in [-0.39, 0.29) is 12.1 Å². The topological polar surface area (TPSA) is 44.8 Å². The maximum absolute atomic E-state index is 11.9. The molecule has 5 heteroatoms. The molecule has 1 aliphatic heterocycles. The lowest BCUT2D eigenvalue weighted by molar-refractivity contribution is 0.00434. The molecule has 1 unspecified atom stereocenters. The minimum absolute atomic E-state index is 0.224. The van der Waals surface area contributed by atoms with Gasteiger partial charge in [0.1, 0.15) is 5.60 Å². The summed E-state index contributed by atoms with van der Waals surface area (Å²) in [5.41, 5.74) is 2.02. The van der Waals surface area contributed by atoms with Crippen LogP contribution in [0.15, 0.2) is 24.3 Å². The average Bonchev–Trinajstić information content (AvgIpc) is 2.40. The molecule has 1 saturated heterocycles. The zero-order valence-electron chi connectivity index (χ0n) is 15.1. The Balaban J connectivity index is 1.80. The molecular formula is C18H29N3O2. The van der Waals surface area contributed by atoms with Crippen molar-refractivity contribution in [3.8, 4) is 0 Å². The molecule has 5 nitrogen and oxygen atoms in total. The third-order valence-corrected chi connectivity index (χ3v) is 3.93. The van der Waals surface area contributed by atoms with Crippen LogP contribution in [0.4, 0.5) is 10.5 Å². The lowest BCUT2D eigenvalue weighted by Gasteiger charge is -2.41. The summed E-state index contributed by atoms with van der Waals surface area (Å²) < 4.78 is 5.37. The molecule has 1 fully saturated rings. The van der Waals surface area contributed by atoms with E-state index < -0.39 is 5.60 Å². The van der Waals surface area contributed by atoms with Crippen LogP contribution in [-0.4, -0.2) is 49.8 Å². The number of hydrogen-bond acceptors (Lipinski definition) is 4. The predicted molar refractivity (Wildman–Crippen MR) is 93.9 cm³/mol. The quantitative estimate of drug-likeness (QED) is 0.926. The fourth-order valence-corrected chi connectivity index (χ4v) is 2.57. The monoisotopic (exact) mass is 319 g/mol. The minimum Gasteiger partial charge on any atom is -0.444 e. The molecule has 1 aromatic rings. The minimum atomic E-state index is -0.433. The van der Waals surface area contributed by atoms with Crippen molar-refractivity contribution in [3.63, 3.8) is 0 Å².